The van der Waals surface area contributed by atoms with Gasteiger partial charge in [0.25, 0.3) is 0 Å². The van der Waals surface area contributed by atoms with Gasteiger partial charge >= 0.3 is 0 Å². The van der Waals surface area contributed by atoms with E-state index in [1.807, 2.05) is 23.4 Å². The predicted molar refractivity (Wildman–Crippen MR) is 70.8 cm³/mol. The van der Waals surface area contributed by atoms with Crippen molar-refractivity contribution in [3.8, 4) is 0 Å². The predicted octanol–water partition coefficient (Wildman–Crippen LogP) is 2.39. The molecule has 3 unspecified atom stereocenters. The Morgan fingerprint density at radius 3 is 2.88 bits per heavy atom. The van der Waals surface area contributed by atoms with Crippen LogP contribution in [0, 0.1) is 5.92 Å². The number of carbonyl (C=O) groups is 1. The first-order valence-electron chi connectivity index (χ1n) is 6.17. The highest BCUT2D eigenvalue weighted by Crippen LogP contribution is 2.30. The maximum Gasteiger partial charge on any atom is 0.227 e. The summed E-state index contributed by atoms with van der Waals surface area (Å²) < 4.78 is 0. The normalized spacial score (nSPS) is 25.8. The molecule has 1 aliphatic rings. The van der Waals surface area contributed by atoms with Gasteiger partial charge in [0.1, 0.15) is 0 Å². The van der Waals surface area contributed by atoms with Gasteiger partial charge in [0, 0.05) is 18.0 Å². The molecule has 0 aliphatic heterocycles. The van der Waals surface area contributed by atoms with E-state index in [2.05, 4.69) is 13.0 Å². The van der Waals surface area contributed by atoms with Gasteiger partial charge in [0.05, 0.1) is 12.0 Å². The monoisotopic (exact) mass is 252 g/mol. The molecule has 94 valence electrons. The molecular formula is C13H20N2OS. The van der Waals surface area contributed by atoms with E-state index in [1.54, 1.807) is 11.3 Å². The second kappa shape index (κ2) is 5.19. The summed E-state index contributed by atoms with van der Waals surface area (Å²) in [7, 11) is 1.89. The molecule has 1 aromatic rings. The molecule has 1 aliphatic carbocycles. The van der Waals surface area contributed by atoms with Gasteiger partial charge in [-0.25, -0.2) is 0 Å². The third-order valence-corrected chi connectivity index (χ3v) is 4.81. The van der Waals surface area contributed by atoms with E-state index in [9.17, 15) is 4.79 Å². The van der Waals surface area contributed by atoms with Crippen LogP contribution in [0.1, 0.15) is 37.1 Å². The Balaban J connectivity index is 2.04. The van der Waals surface area contributed by atoms with E-state index in [1.165, 1.54) is 4.88 Å². The first kappa shape index (κ1) is 12.6. The highest BCUT2D eigenvalue weighted by Gasteiger charge is 2.33. The maximum absolute atomic E-state index is 12.3. The lowest BCUT2D eigenvalue weighted by molar-refractivity contribution is -0.136. The lowest BCUT2D eigenvalue weighted by Crippen LogP contribution is -2.40. The molecule has 0 bridgehead atoms. The lowest BCUT2D eigenvalue weighted by atomic mass is 10.0. The van der Waals surface area contributed by atoms with E-state index in [0.29, 0.717) is 0 Å². The molecule has 1 fully saturated rings. The molecule has 4 heteroatoms. The van der Waals surface area contributed by atoms with Crippen molar-refractivity contribution in [2.24, 2.45) is 11.7 Å². The van der Waals surface area contributed by atoms with E-state index < -0.39 is 0 Å². The molecule has 0 saturated heterocycles. The molecule has 1 amide bonds. The smallest absolute Gasteiger partial charge is 0.227 e. The largest absolute Gasteiger partial charge is 0.338 e. The number of rotatable bonds is 3. The van der Waals surface area contributed by atoms with Crippen LogP contribution in [-0.2, 0) is 4.79 Å². The summed E-state index contributed by atoms with van der Waals surface area (Å²) in [6.45, 7) is 2.07. The van der Waals surface area contributed by atoms with Crippen LogP contribution in [0.3, 0.4) is 0 Å². The van der Waals surface area contributed by atoms with Crippen molar-refractivity contribution in [3.63, 3.8) is 0 Å². The molecule has 3 nitrogen and oxygen atoms in total. The Kier molecular flexibility index (Phi) is 3.84. The standard InChI is InChI=1S/C13H20N2OS/c1-9(12-7-4-8-17-12)15(2)13(16)10-5-3-6-11(10)14/h4,7-11H,3,5-6,14H2,1-2H3. The molecule has 1 saturated carbocycles. The van der Waals surface area contributed by atoms with Crippen LogP contribution in [0.25, 0.3) is 0 Å². The van der Waals surface area contributed by atoms with Crippen LogP contribution in [0.4, 0.5) is 0 Å². The summed E-state index contributed by atoms with van der Waals surface area (Å²) in [6.07, 6.45) is 3.01. The van der Waals surface area contributed by atoms with Crippen molar-refractivity contribution >= 4 is 17.2 Å². The van der Waals surface area contributed by atoms with Crippen LogP contribution in [0.5, 0.6) is 0 Å². The van der Waals surface area contributed by atoms with Crippen molar-refractivity contribution in [2.45, 2.75) is 38.3 Å². The Hall–Kier alpha value is -0.870. The summed E-state index contributed by atoms with van der Waals surface area (Å²) in [5.74, 6) is 0.235. The van der Waals surface area contributed by atoms with E-state index >= 15 is 0 Å². The number of hydrogen-bond donors (Lipinski definition) is 1. The first-order valence-corrected chi connectivity index (χ1v) is 7.05. The number of thiophene rings is 1. The summed E-state index contributed by atoms with van der Waals surface area (Å²) in [5, 5.41) is 2.05. The van der Waals surface area contributed by atoms with Gasteiger partial charge in [0.15, 0.2) is 0 Å². The first-order chi connectivity index (χ1) is 8.11. The third-order valence-electron chi connectivity index (χ3n) is 3.77. The minimum absolute atomic E-state index is 0.0300. The van der Waals surface area contributed by atoms with Gasteiger partial charge in [-0.2, -0.15) is 0 Å². The summed E-state index contributed by atoms with van der Waals surface area (Å²) in [6, 6.07) is 4.31. The topological polar surface area (TPSA) is 46.3 Å². The second-order valence-corrected chi connectivity index (χ2v) is 5.82. The van der Waals surface area contributed by atoms with E-state index in [0.717, 1.165) is 19.3 Å². The summed E-state index contributed by atoms with van der Waals surface area (Å²) in [4.78, 5) is 15.4. The fourth-order valence-electron chi connectivity index (χ4n) is 2.47. The highest BCUT2D eigenvalue weighted by atomic mass is 32.1. The van der Waals surface area contributed by atoms with Gasteiger partial charge in [0.2, 0.25) is 5.91 Å². The molecule has 1 aromatic heterocycles. The quantitative estimate of drug-likeness (QED) is 0.898. The SMILES string of the molecule is CC(c1cccs1)N(C)C(=O)C1CCCC1N. The molecule has 0 aromatic carbocycles. The number of carbonyl (C=O) groups excluding carboxylic acids is 1. The van der Waals surface area contributed by atoms with Crippen LogP contribution >= 0.6 is 11.3 Å². The number of nitrogens with zero attached hydrogens (tertiary/aromatic N) is 1. The van der Waals surface area contributed by atoms with Crippen LogP contribution in [0.2, 0.25) is 0 Å². The van der Waals surface area contributed by atoms with Crippen molar-refractivity contribution in [1.29, 1.82) is 0 Å². The van der Waals surface area contributed by atoms with Crippen molar-refractivity contribution in [1.82, 2.24) is 4.90 Å². The number of nitrogens with two attached hydrogens (primary N) is 1. The average molecular weight is 252 g/mol. The molecule has 0 radical (unpaired) electrons. The zero-order chi connectivity index (χ0) is 12.4. The zero-order valence-electron chi connectivity index (χ0n) is 10.4. The minimum Gasteiger partial charge on any atom is -0.338 e. The third kappa shape index (κ3) is 2.53. The number of amides is 1. The molecule has 1 heterocycles. The second-order valence-electron chi connectivity index (χ2n) is 4.84. The Morgan fingerprint density at radius 2 is 2.35 bits per heavy atom. The van der Waals surface area contributed by atoms with Gasteiger partial charge in [-0.15, -0.1) is 11.3 Å². The summed E-state index contributed by atoms with van der Waals surface area (Å²) in [5.41, 5.74) is 5.99. The highest BCUT2D eigenvalue weighted by molar-refractivity contribution is 7.10. The fourth-order valence-corrected chi connectivity index (χ4v) is 3.29. The molecule has 17 heavy (non-hydrogen) atoms. The Morgan fingerprint density at radius 1 is 1.59 bits per heavy atom. The van der Waals surface area contributed by atoms with Crippen LogP contribution in [0.15, 0.2) is 17.5 Å². The van der Waals surface area contributed by atoms with Crippen molar-refractivity contribution in [2.75, 3.05) is 7.05 Å². The van der Waals surface area contributed by atoms with Crippen molar-refractivity contribution < 1.29 is 4.79 Å². The van der Waals surface area contributed by atoms with Crippen LogP contribution < -0.4 is 5.73 Å². The average Bonchev–Trinajstić information content (AvgIpc) is 2.96. The molecular weight excluding hydrogens is 232 g/mol. The molecule has 0 spiro atoms. The van der Waals surface area contributed by atoms with Crippen LogP contribution in [-0.4, -0.2) is 23.9 Å². The zero-order valence-corrected chi connectivity index (χ0v) is 11.2. The molecule has 2 N–H and O–H groups in total. The number of hydrogen-bond acceptors (Lipinski definition) is 3. The molecule has 3 atom stereocenters. The van der Waals surface area contributed by atoms with Gasteiger partial charge in [-0.05, 0) is 31.2 Å². The van der Waals surface area contributed by atoms with E-state index in [-0.39, 0.29) is 23.9 Å². The fraction of sp³-hybridized carbons (Fsp3) is 0.615. The Labute approximate surface area is 107 Å². The van der Waals surface area contributed by atoms with Gasteiger partial charge in [-0.3, -0.25) is 4.79 Å². The van der Waals surface area contributed by atoms with E-state index in [4.69, 9.17) is 5.73 Å². The lowest BCUT2D eigenvalue weighted by Gasteiger charge is -2.28. The van der Waals surface area contributed by atoms with Crippen molar-refractivity contribution in [3.05, 3.63) is 22.4 Å². The molecule has 2 rings (SSSR count). The minimum atomic E-state index is 0.0300. The van der Waals surface area contributed by atoms with Gasteiger partial charge in [-0.1, -0.05) is 12.5 Å². The Bertz CT molecular complexity index is 377. The maximum atomic E-state index is 12.3. The summed E-state index contributed by atoms with van der Waals surface area (Å²) >= 11 is 1.69. The van der Waals surface area contributed by atoms with Gasteiger partial charge < -0.3 is 10.6 Å².